The summed E-state index contributed by atoms with van der Waals surface area (Å²) >= 11 is 0. The van der Waals surface area contributed by atoms with Gasteiger partial charge >= 0.3 is 0 Å². The summed E-state index contributed by atoms with van der Waals surface area (Å²) in [6, 6.07) is 12.2. The molecule has 8 nitrogen and oxygen atoms in total. The molecule has 0 bridgehead atoms. The molecule has 1 aromatic heterocycles. The smallest absolute Gasteiger partial charge is 0.274 e. The maximum absolute atomic E-state index is 13.2. The molecular weight excluding hydrogens is 375 g/mol. The second kappa shape index (κ2) is 7.34. The molecule has 0 radical (unpaired) electrons. The van der Waals surface area contributed by atoms with E-state index in [1.807, 2.05) is 35.8 Å². The van der Waals surface area contributed by atoms with Gasteiger partial charge in [0.2, 0.25) is 11.9 Å². The Balaban J connectivity index is 1.62. The predicted octanol–water partition coefficient (Wildman–Crippen LogP) is 2.25. The number of nitrogens with one attached hydrogen (secondary N) is 1. The van der Waals surface area contributed by atoms with E-state index in [-0.39, 0.29) is 12.1 Å². The molecule has 0 spiro atoms. The standard InChI is InChI=1S/C20H19FN6O2/c1-2-26-16-6-4-3-5-14(16)23-20(26)24-19(29)15-11-17(18(22)28)27(25-15)13-9-7-12(21)8-10-13/h3-10,17H,2,11H2,1H3,(H2,22,28)(H,23,24,29). The SMILES string of the molecule is CCn1c(NC(=O)C2=NN(c3ccc(F)cc3)C(C(N)=O)C2)nc2ccccc21. The Morgan fingerprint density at radius 3 is 2.62 bits per heavy atom. The molecular formula is C20H19FN6O2. The largest absolute Gasteiger partial charge is 0.368 e. The van der Waals surface area contributed by atoms with Gasteiger partial charge in [-0.1, -0.05) is 12.1 Å². The van der Waals surface area contributed by atoms with Gasteiger partial charge in [0.25, 0.3) is 5.91 Å². The van der Waals surface area contributed by atoms with Crippen LogP contribution in [0.1, 0.15) is 13.3 Å². The van der Waals surface area contributed by atoms with Crippen LogP contribution >= 0.6 is 0 Å². The number of hydrogen-bond donors (Lipinski definition) is 2. The van der Waals surface area contributed by atoms with Gasteiger partial charge in [0.05, 0.1) is 16.7 Å². The molecule has 2 aromatic carbocycles. The highest BCUT2D eigenvalue weighted by Crippen LogP contribution is 2.26. The number of hydrogen-bond acceptors (Lipinski definition) is 5. The summed E-state index contributed by atoms with van der Waals surface area (Å²) in [5, 5.41) is 8.40. The molecule has 2 heterocycles. The van der Waals surface area contributed by atoms with Gasteiger partial charge < -0.3 is 10.3 Å². The highest BCUT2D eigenvalue weighted by atomic mass is 19.1. The number of halogens is 1. The number of fused-ring (bicyclic) bond motifs is 1. The van der Waals surface area contributed by atoms with Crippen molar-refractivity contribution in [2.24, 2.45) is 10.8 Å². The van der Waals surface area contributed by atoms with E-state index in [1.165, 1.54) is 29.3 Å². The van der Waals surface area contributed by atoms with Gasteiger partial charge in [-0.05, 0) is 43.3 Å². The quantitative estimate of drug-likeness (QED) is 0.692. The zero-order valence-electron chi connectivity index (χ0n) is 15.7. The first-order valence-electron chi connectivity index (χ1n) is 9.16. The van der Waals surface area contributed by atoms with Crippen LogP contribution in [0, 0.1) is 5.82 Å². The van der Waals surface area contributed by atoms with Crippen LogP contribution in [-0.4, -0.2) is 33.1 Å². The van der Waals surface area contributed by atoms with Crippen LogP contribution in [0.3, 0.4) is 0 Å². The van der Waals surface area contributed by atoms with E-state index in [2.05, 4.69) is 15.4 Å². The number of para-hydroxylation sites is 2. The zero-order chi connectivity index (χ0) is 20.5. The molecule has 1 aliphatic heterocycles. The van der Waals surface area contributed by atoms with E-state index in [9.17, 15) is 14.0 Å². The number of carbonyl (C=O) groups is 2. The van der Waals surface area contributed by atoms with Crippen molar-refractivity contribution in [1.82, 2.24) is 9.55 Å². The average Bonchev–Trinajstić information content (AvgIpc) is 3.30. The number of amides is 2. The fraction of sp³-hybridized carbons (Fsp3) is 0.200. The Morgan fingerprint density at radius 2 is 1.93 bits per heavy atom. The number of nitrogens with two attached hydrogens (primary N) is 1. The Morgan fingerprint density at radius 1 is 1.21 bits per heavy atom. The summed E-state index contributed by atoms with van der Waals surface area (Å²) in [5.41, 5.74) is 7.78. The highest BCUT2D eigenvalue weighted by Gasteiger charge is 2.35. The fourth-order valence-corrected chi connectivity index (χ4v) is 3.37. The van der Waals surface area contributed by atoms with Crippen molar-refractivity contribution in [3.63, 3.8) is 0 Å². The molecule has 148 valence electrons. The van der Waals surface area contributed by atoms with Crippen molar-refractivity contribution in [2.75, 3.05) is 10.3 Å². The summed E-state index contributed by atoms with van der Waals surface area (Å²) in [7, 11) is 0. The number of hydrazone groups is 1. The molecule has 1 aliphatic rings. The number of imidazole rings is 1. The van der Waals surface area contributed by atoms with Crippen LogP contribution in [-0.2, 0) is 16.1 Å². The molecule has 9 heteroatoms. The van der Waals surface area contributed by atoms with E-state index in [1.54, 1.807) is 0 Å². The van der Waals surface area contributed by atoms with E-state index in [0.717, 1.165) is 11.0 Å². The van der Waals surface area contributed by atoms with Gasteiger partial charge in [-0.25, -0.2) is 9.37 Å². The molecule has 3 N–H and O–H groups in total. The Labute approximate surface area is 165 Å². The minimum atomic E-state index is -0.828. The summed E-state index contributed by atoms with van der Waals surface area (Å²) in [6.45, 7) is 2.57. The lowest BCUT2D eigenvalue weighted by Gasteiger charge is -2.20. The normalized spacial score (nSPS) is 16.1. The van der Waals surface area contributed by atoms with Gasteiger partial charge in [0.15, 0.2) is 0 Å². The molecule has 4 rings (SSSR count). The lowest BCUT2D eigenvalue weighted by Crippen LogP contribution is -2.39. The monoisotopic (exact) mass is 394 g/mol. The second-order valence-corrected chi connectivity index (χ2v) is 6.61. The van der Waals surface area contributed by atoms with Crippen molar-refractivity contribution < 1.29 is 14.0 Å². The van der Waals surface area contributed by atoms with Crippen molar-refractivity contribution in [3.05, 3.63) is 54.3 Å². The van der Waals surface area contributed by atoms with Crippen LogP contribution in [0.15, 0.2) is 53.6 Å². The third-order valence-corrected chi connectivity index (χ3v) is 4.79. The number of aromatic nitrogens is 2. The molecule has 1 atom stereocenters. The summed E-state index contributed by atoms with van der Waals surface area (Å²) in [6.07, 6.45) is 0.0465. The number of primary amides is 1. The lowest BCUT2D eigenvalue weighted by molar-refractivity contribution is -0.119. The molecule has 1 unspecified atom stereocenters. The van der Waals surface area contributed by atoms with Gasteiger partial charge in [0, 0.05) is 13.0 Å². The number of anilines is 2. The van der Waals surface area contributed by atoms with E-state index in [4.69, 9.17) is 5.73 Å². The van der Waals surface area contributed by atoms with Crippen LogP contribution in [0.2, 0.25) is 0 Å². The minimum Gasteiger partial charge on any atom is -0.368 e. The van der Waals surface area contributed by atoms with E-state index in [0.29, 0.717) is 18.2 Å². The first-order chi connectivity index (χ1) is 14.0. The Bertz CT molecular complexity index is 1120. The van der Waals surface area contributed by atoms with Crippen LogP contribution in [0.25, 0.3) is 11.0 Å². The highest BCUT2D eigenvalue weighted by molar-refractivity contribution is 6.44. The molecule has 2 amide bonds. The third kappa shape index (κ3) is 3.42. The minimum absolute atomic E-state index is 0.0465. The number of nitrogens with zero attached hydrogens (tertiary/aromatic N) is 4. The van der Waals surface area contributed by atoms with Crippen molar-refractivity contribution in [3.8, 4) is 0 Å². The third-order valence-electron chi connectivity index (χ3n) is 4.79. The summed E-state index contributed by atoms with van der Waals surface area (Å²) in [5.74, 6) is -1.10. The van der Waals surface area contributed by atoms with E-state index >= 15 is 0 Å². The predicted molar refractivity (Wildman–Crippen MR) is 108 cm³/mol. The number of rotatable bonds is 5. The molecule has 29 heavy (non-hydrogen) atoms. The number of benzene rings is 2. The maximum Gasteiger partial charge on any atom is 0.274 e. The fourth-order valence-electron chi connectivity index (χ4n) is 3.37. The molecule has 3 aromatic rings. The van der Waals surface area contributed by atoms with Crippen LogP contribution < -0.4 is 16.1 Å². The summed E-state index contributed by atoms with van der Waals surface area (Å²) < 4.78 is 15.1. The van der Waals surface area contributed by atoms with Crippen LogP contribution in [0.5, 0.6) is 0 Å². The van der Waals surface area contributed by atoms with E-state index < -0.39 is 23.7 Å². The Hall–Kier alpha value is -3.75. The lowest BCUT2D eigenvalue weighted by atomic mass is 10.1. The molecule has 0 saturated heterocycles. The van der Waals surface area contributed by atoms with Crippen molar-refractivity contribution in [2.45, 2.75) is 25.9 Å². The Kier molecular flexibility index (Phi) is 4.71. The topological polar surface area (TPSA) is 106 Å². The second-order valence-electron chi connectivity index (χ2n) is 6.61. The average molecular weight is 394 g/mol. The number of carbonyl (C=O) groups excluding carboxylic acids is 2. The van der Waals surface area contributed by atoms with Gasteiger partial charge in [0.1, 0.15) is 17.6 Å². The summed E-state index contributed by atoms with van der Waals surface area (Å²) in [4.78, 5) is 29.2. The van der Waals surface area contributed by atoms with Gasteiger partial charge in [-0.2, -0.15) is 5.10 Å². The molecule has 0 saturated carbocycles. The molecule has 0 fully saturated rings. The van der Waals surface area contributed by atoms with Gasteiger partial charge in [-0.15, -0.1) is 0 Å². The maximum atomic E-state index is 13.2. The molecule has 0 aliphatic carbocycles. The first kappa shape index (κ1) is 18.6. The van der Waals surface area contributed by atoms with Crippen LogP contribution in [0.4, 0.5) is 16.0 Å². The van der Waals surface area contributed by atoms with Crippen molar-refractivity contribution >= 4 is 40.2 Å². The zero-order valence-corrected chi connectivity index (χ0v) is 15.7. The van der Waals surface area contributed by atoms with Gasteiger partial charge in [-0.3, -0.25) is 19.9 Å². The van der Waals surface area contributed by atoms with Crippen molar-refractivity contribution in [1.29, 1.82) is 0 Å². The number of aryl methyl sites for hydroxylation is 1. The first-order valence-corrected chi connectivity index (χ1v) is 9.16.